The van der Waals surface area contributed by atoms with Crippen molar-refractivity contribution in [3.63, 3.8) is 0 Å². The second-order valence-corrected chi connectivity index (χ2v) is 5.33. The molecule has 0 aliphatic carbocycles. The molecule has 1 aromatic heterocycles. The molecular weight excluding hydrogens is 214 g/mol. The summed E-state index contributed by atoms with van der Waals surface area (Å²) in [5.74, 6) is 1.70. The predicted octanol–water partition coefficient (Wildman–Crippen LogP) is 1.03. The summed E-state index contributed by atoms with van der Waals surface area (Å²) in [4.78, 5) is 6.82. The van der Waals surface area contributed by atoms with Crippen LogP contribution in [0.2, 0.25) is 0 Å². The molecule has 0 aromatic carbocycles. The fourth-order valence-corrected chi connectivity index (χ4v) is 2.61. The highest BCUT2D eigenvalue weighted by Gasteiger charge is 2.29. The Kier molecular flexibility index (Phi) is 3.79. The van der Waals surface area contributed by atoms with Crippen molar-refractivity contribution in [3.8, 4) is 0 Å². The van der Waals surface area contributed by atoms with Crippen LogP contribution in [0.5, 0.6) is 0 Å². The van der Waals surface area contributed by atoms with Crippen LogP contribution in [0.3, 0.4) is 0 Å². The number of likely N-dealkylation sites (tertiary alicyclic amines) is 1. The quantitative estimate of drug-likeness (QED) is 0.849. The number of nitrogens with zero attached hydrogens (tertiary/aromatic N) is 4. The Bertz CT molecular complexity index is 360. The van der Waals surface area contributed by atoms with Gasteiger partial charge in [-0.1, -0.05) is 0 Å². The molecule has 0 bridgehead atoms. The zero-order chi connectivity index (χ0) is 12.4. The van der Waals surface area contributed by atoms with Gasteiger partial charge in [0.15, 0.2) is 0 Å². The monoisotopic (exact) mass is 237 g/mol. The first-order valence-corrected chi connectivity index (χ1v) is 6.44. The highest BCUT2D eigenvalue weighted by molar-refractivity contribution is 4.91. The molecular formula is C12H23N5. The van der Waals surface area contributed by atoms with E-state index in [-0.39, 0.29) is 0 Å². The molecule has 0 radical (unpaired) electrons. The van der Waals surface area contributed by atoms with Gasteiger partial charge in [-0.05, 0) is 39.7 Å². The van der Waals surface area contributed by atoms with E-state index in [2.05, 4.69) is 35.8 Å². The van der Waals surface area contributed by atoms with Crippen LogP contribution in [-0.2, 0) is 6.54 Å². The van der Waals surface area contributed by atoms with E-state index < -0.39 is 0 Å². The van der Waals surface area contributed by atoms with E-state index in [4.69, 9.17) is 5.73 Å². The van der Waals surface area contributed by atoms with Gasteiger partial charge in [0, 0.05) is 18.6 Å². The van der Waals surface area contributed by atoms with E-state index in [0.717, 1.165) is 25.5 Å². The van der Waals surface area contributed by atoms with Gasteiger partial charge in [0.05, 0.1) is 6.54 Å². The predicted molar refractivity (Wildman–Crippen MR) is 67.4 cm³/mol. The summed E-state index contributed by atoms with van der Waals surface area (Å²) in [6.45, 7) is 9.30. The van der Waals surface area contributed by atoms with Crippen molar-refractivity contribution in [2.75, 3.05) is 13.1 Å². The van der Waals surface area contributed by atoms with Gasteiger partial charge < -0.3 is 5.73 Å². The summed E-state index contributed by atoms with van der Waals surface area (Å²) in [6.07, 6.45) is 2.85. The van der Waals surface area contributed by atoms with Crippen molar-refractivity contribution in [2.45, 2.75) is 45.8 Å². The first kappa shape index (κ1) is 12.5. The minimum absolute atomic E-state index is 0.371. The van der Waals surface area contributed by atoms with Gasteiger partial charge >= 0.3 is 0 Å². The topological polar surface area (TPSA) is 60.0 Å². The maximum atomic E-state index is 5.75. The number of nitrogens with two attached hydrogens (primary N) is 1. The molecule has 2 rings (SSSR count). The second-order valence-electron chi connectivity index (χ2n) is 5.33. The molecule has 96 valence electrons. The van der Waals surface area contributed by atoms with Crippen LogP contribution in [0, 0.1) is 5.92 Å². The molecule has 0 saturated carbocycles. The summed E-state index contributed by atoms with van der Waals surface area (Å²) in [5.41, 5.74) is 5.75. The first-order chi connectivity index (χ1) is 8.11. The maximum absolute atomic E-state index is 5.75. The molecule has 1 aliphatic rings. The van der Waals surface area contributed by atoms with E-state index in [9.17, 15) is 0 Å². The summed E-state index contributed by atoms with van der Waals surface area (Å²) < 4.78 is 2.00. The fraction of sp³-hybridized carbons (Fsp3) is 0.833. The van der Waals surface area contributed by atoms with Crippen LogP contribution in [0.1, 0.15) is 39.1 Å². The number of aromatic nitrogens is 3. The fourth-order valence-electron chi connectivity index (χ4n) is 2.61. The lowest BCUT2D eigenvalue weighted by Crippen LogP contribution is -2.29. The van der Waals surface area contributed by atoms with Gasteiger partial charge in [-0.2, -0.15) is 5.10 Å². The van der Waals surface area contributed by atoms with E-state index in [0.29, 0.717) is 18.0 Å². The summed E-state index contributed by atoms with van der Waals surface area (Å²) >= 11 is 0. The average Bonchev–Trinajstić information content (AvgIpc) is 2.87. The van der Waals surface area contributed by atoms with Crippen molar-refractivity contribution in [2.24, 2.45) is 11.7 Å². The Morgan fingerprint density at radius 2 is 2.29 bits per heavy atom. The van der Waals surface area contributed by atoms with Gasteiger partial charge in [-0.3, -0.25) is 4.90 Å². The van der Waals surface area contributed by atoms with Crippen molar-refractivity contribution in [1.82, 2.24) is 19.7 Å². The number of rotatable bonds is 4. The normalized spacial score (nSPS) is 25.9. The smallest absolute Gasteiger partial charge is 0.141 e. The minimum Gasteiger partial charge on any atom is -0.330 e. The van der Waals surface area contributed by atoms with Crippen molar-refractivity contribution in [1.29, 1.82) is 0 Å². The third-order valence-electron chi connectivity index (χ3n) is 3.60. The molecule has 0 spiro atoms. The molecule has 2 unspecified atom stereocenters. The zero-order valence-electron chi connectivity index (χ0n) is 11.0. The molecule has 2 atom stereocenters. The third kappa shape index (κ3) is 2.66. The summed E-state index contributed by atoms with van der Waals surface area (Å²) in [5, 5.41) is 4.28. The van der Waals surface area contributed by atoms with Crippen LogP contribution in [-0.4, -0.2) is 38.8 Å². The average molecular weight is 237 g/mol. The van der Waals surface area contributed by atoms with E-state index >= 15 is 0 Å². The number of hydrogen-bond acceptors (Lipinski definition) is 4. The molecule has 1 aliphatic heterocycles. The highest BCUT2D eigenvalue weighted by atomic mass is 15.4. The third-order valence-corrected chi connectivity index (χ3v) is 3.60. The van der Waals surface area contributed by atoms with E-state index in [1.165, 1.54) is 6.42 Å². The molecule has 1 aromatic rings. The molecule has 5 heteroatoms. The molecule has 1 fully saturated rings. The van der Waals surface area contributed by atoms with Gasteiger partial charge in [0.25, 0.3) is 0 Å². The van der Waals surface area contributed by atoms with Crippen LogP contribution in [0.15, 0.2) is 6.33 Å². The lowest BCUT2D eigenvalue weighted by Gasteiger charge is -2.21. The van der Waals surface area contributed by atoms with Crippen LogP contribution in [0.25, 0.3) is 0 Å². The largest absolute Gasteiger partial charge is 0.330 e. The van der Waals surface area contributed by atoms with Crippen LogP contribution < -0.4 is 5.73 Å². The zero-order valence-corrected chi connectivity index (χ0v) is 11.0. The Balaban J connectivity index is 2.03. The molecule has 17 heavy (non-hydrogen) atoms. The molecule has 0 amide bonds. The lowest BCUT2D eigenvalue weighted by molar-refractivity contribution is 0.242. The maximum Gasteiger partial charge on any atom is 0.141 e. The first-order valence-electron chi connectivity index (χ1n) is 6.44. The second kappa shape index (κ2) is 5.14. The van der Waals surface area contributed by atoms with Gasteiger partial charge in [0.2, 0.25) is 0 Å². The minimum atomic E-state index is 0.371. The Labute approximate surface area is 103 Å². The molecule has 2 heterocycles. The highest BCUT2D eigenvalue weighted by Crippen LogP contribution is 2.23. The van der Waals surface area contributed by atoms with Crippen molar-refractivity contribution in [3.05, 3.63) is 12.2 Å². The Morgan fingerprint density at radius 3 is 2.88 bits per heavy atom. The molecule has 1 saturated heterocycles. The lowest BCUT2D eigenvalue weighted by atomic mass is 10.1. The summed E-state index contributed by atoms with van der Waals surface area (Å²) in [7, 11) is 0. The number of hydrogen-bond donors (Lipinski definition) is 1. The van der Waals surface area contributed by atoms with Gasteiger partial charge in [-0.25, -0.2) is 9.67 Å². The Hall–Kier alpha value is -0.940. The summed E-state index contributed by atoms with van der Waals surface area (Å²) in [6, 6.07) is 0.969. The van der Waals surface area contributed by atoms with E-state index in [1.54, 1.807) is 6.33 Å². The van der Waals surface area contributed by atoms with E-state index in [1.807, 2.05) is 4.68 Å². The van der Waals surface area contributed by atoms with Crippen molar-refractivity contribution < 1.29 is 0 Å². The Morgan fingerprint density at radius 1 is 1.53 bits per heavy atom. The van der Waals surface area contributed by atoms with Crippen LogP contribution >= 0.6 is 0 Å². The standard InChI is InChI=1S/C12H23N5/c1-9(2)17-12(14-8-15-17)7-16-6-11(5-13)4-10(16)3/h8-11H,4-7,13H2,1-3H3. The molecule has 2 N–H and O–H groups in total. The van der Waals surface area contributed by atoms with Crippen LogP contribution in [0.4, 0.5) is 0 Å². The van der Waals surface area contributed by atoms with Gasteiger partial charge in [0.1, 0.15) is 12.2 Å². The SMILES string of the molecule is CC1CC(CN)CN1Cc1ncnn1C(C)C. The van der Waals surface area contributed by atoms with Crippen molar-refractivity contribution >= 4 is 0 Å². The van der Waals surface area contributed by atoms with Gasteiger partial charge in [-0.15, -0.1) is 0 Å². The molecule has 5 nitrogen and oxygen atoms in total.